The number of imidazole rings is 1. The molecule has 1 aromatic carbocycles. The molecule has 3 heterocycles. The molecule has 1 unspecified atom stereocenters. The Balaban J connectivity index is 1.79. The maximum atomic E-state index is 14.3. The van der Waals surface area contributed by atoms with Gasteiger partial charge in [0.15, 0.2) is 18.4 Å². The van der Waals surface area contributed by atoms with E-state index in [9.17, 15) is 32.1 Å². The van der Waals surface area contributed by atoms with Gasteiger partial charge in [-0.2, -0.15) is 18.3 Å². The summed E-state index contributed by atoms with van der Waals surface area (Å²) >= 11 is 0. The molecule has 0 radical (unpaired) electrons. The van der Waals surface area contributed by atoms with Gasteiger partial charge in [-0.1, -0.05) is 45.9 Å². The number of nitrogens with one attached hydrogen (secondary N) is 1. The minimum absolute atomic E-state index is 0.000612. The van der Waals surface area contributed by atoms with Gasteiger partial charge in [0.05, 0.1) is 48.5 Å². The molecule has 55 heavy (non-hydrogen) atoms. The number of halogens is 3. The van der Waals surface area contributed by atoms with Crippen LogP contribution < -0.4 is 14.5 Å². The molecule has 16 nitrogen and oxygen atoms in total. The van der Waals surface area contributed by atoms with E-state index in [2.05, 4.69) is 20.0 Å². The first kappa shape index (κ1) is 43.2. The van der Waals surface area contributed by atoms with Gasteiger partial charge in [-0.15, -0.1) is 0 Å². The lowest BCUT2D eigenvalue weighted by molar-refractivity contribution is -0.172. The molecule has 1 N–H and O–H groups in total. The Bertz CT molecular complexity index is 1840. The summed E-state index contributed by atoms with van der Waals surface area (Å²) in [5, 5.41) is 2.57. The first-order valence-corrected chi connectivity index (χ1v) is 18.9. The molecule has 1 aliphatic rings. The van der Waals surface area contributed by atoms with Crippen LogP contribution in [0.2, 0.25) is 0 Å². The minimum atomic E-state index is -4.91. The maximum absolute atomic E-state index is 14.3. The van der Waals surface area contributed by atoms with Crippen molar-refractivity contribution in [1.29, 1.82) is 0 Å². The zero-order valence-corrected chi connectivity index (χ0v) is 32.7. The summed E-state index contributed by atoms with van der Waals surface area (Å²) in [7, 11) is -1.48. The minimum Gasteiger partial charge on any atom is -0.462 e. The zero-order chi connectivity index (χ0) is 40.8. The summed E-state index contributed by atoms with van der Waals surface area (Å²) in [5.41, 5.74) is -0.206. The summed E-state index contributed by atoms with van der Waals surface area (Å²) < 4.78 is 92.4. The highest BCUT2D eigenvalue weighted by atomic mass is 31.2. The molecule has 1 fully saturated rings. The first-order valence-electron chi connectivity index (χ1n) is 17.4. The van der Waals surface area contributed by atoms with Crippen molar-refractivity contribution in [3.8, 4) is 17.1 Å². The van der Waals surface area contributed by atoms with Crippen LogP contribution >= 0.6 is 7.75 Å². The molecular formula is C35H46F3N6O10P. The third kappa shape index (κ3) is 11.2. The molecule has 0 bridgehead atoms. The average molecular weight is 799 g/mol. The standard InChI is InChI=1S/C35H46F3N6O10P/c1-19(2)31(45)52-28-26(17-49-55(48,54-23-13-11-10-12-14-23)42-22(7)33(47)50-21(5)6)51-30(29(28)53-32(46)20(3)4)44-18-39-16-25(44)24-15-27(43(8)9)41-34(40-24)35(36,37)38/h10-16,18-22,26,28-30H,17H2,1-9H3,(H,42,48)/t22-,26+,28?,29-,30+,55-/m0/s1. The van der Waals surface area contributed by atoms with Crippen LogP contribution in [0.5, 0.6) is 5.75 Å². The van der Waals surface area contributed by atoms with E-state index in [1.54, 1.807) is 59.7 Å². The summed E-state index contributed by atoms with van der Waals surface area (Å²) in [4.78, 5) is 51.9. The number of alkyl halides is 3. The fraction of sp³-hybridized carbons (Fsp3) is 0.543. The van der Waals surface area contributed by atoms with Gasteiger partial charge in [-0.3, -0.25) is 23.5 Å². The molecule has 20 heteroatoms. The van der Waals surface area contributed by atoms with Gasteiger partial charge in [0.2, 0.25) is 5.82 Å². The van der Waals surface area contributed by atoms with Crippen molar-refractivity contribution in [3.63, 3.8) is 0 Å². The molecule has 0 amide bonds. The molecule has 0 aliphatic carbocycles. The number of hydrogen-bond acceptors (Lipinski definition) is 14. The number of nitrogens with zero attached hydrogens (tertiary/aromatic N) is 5. The van der Waals surface area contributed by atoms with Crippen molar-refractivity contribution < 1.29 is 60.1 Å². The van der Waals surface area contributed by atoms with E-state index in [1.165, 1.54) is 61.2 Å². The van der Waals surface area contributed by atoms with Crippen LogP contribution in [-0.2, 0) is 48.6 Å². The van der Waals surface area contributed by atoms with Crippen molar-refractivity contribution in [2.45, 2.75) is 91.3 Å². The van der Waals surface area contributed by atoms with E-state index in [0.717, 1.165) is 0 Å². The van der Waals surface area contributed by atoms with Crippen molar-refractivity contribution in [2.24, 2.45) is 11.8 Å². The number of para-hydroxylation sites is 1. The normalized spacial score (nSPS) is 20.3. The molecule has 2 aromatic heterocycles. The number of carbonyl (C=O) groups excluding carboxylic acids is 3. The molecule has 1 aliphatic heterocycles. The van der Waals surface area contributed by atoms with Crippen LogP contribution in [0.15, 0.2) is 48.9 Å². The lowest BCUT2D eigenvalue weighted by Gasteiger charge is -2.27. The Hall–Kier alpha value is -4.58. The average Bonchev–Trinajstić information content (AvgIpc) is 3.71. The topological polar surface area (TPSA) is 183 Å². The van der Waals surface area contributed by atoms with E-state index in [1.807, 2.05) is 0 Å². The van der Waals surface area contributed by atoms with Gasteiger partial charge in [-0.05, 0) is 32.9 Å². The van der Waals surface area contributed by atoms with Gasteiger partial charge in [0.25, 0.3) is 0 Å². The number of anilines is 1. The van der Waals surface area contributed by atoms with Gasteiger partial charge < -0.3 is 28.4 Å². The van der Waals surface area contributed by atoms with Crippen molar-refractivity contribution >= 4 is 31.5 Å². The molecular weight excluding hydrogens is 752 g/mol. The Labute approximate surface area is 316 Å². The van der Waals surface area contributed by atoms with Crippen molar-refractivity contribution in [1.82, 2.24) is 24.6 Å². The quantitative estimate of drug-likeness (QED) is 0.107. The highest BCUT2D eigenvalue weighted by Gasteiger charge is 2.52. The smallest absolute Gasteiger partial charge is 0.459 e. The predicted molar refractivity (Wildman–Crippen MR) is 190 cm³/mol. The summed E-state index contributed by atoms with van der Waals surface area (Å²) in [6.45, 7) is 10.3. The fourth-order valence-electron chi connectivity index (χ4n) is 5.01. The van der Waals surface area contributed by atoms with E-state index in [0.29, 0.717) is 0 Å². The Morgan fingerprint density at radius 1 is 0.945 bits per heavy atom. The number of ether oxygens (including phenoxy) is 4. The Morgan fingerprint density at radius 3 is 2.13 bits per heavy atom. The molecule has 302 valence electrons. The van der Waals surface area contributed by atoms with Crippen LogP contribution in [0.25, 0.3) is 11.4 Å². The van der Waals surface area contributed by atoms with Crippen molar-refractivity contribution in [3.05, 3.63) is 54.7 Å². The molecule has 4 rings (SSSR count). The second-order valence-electron chi connectivity index (χ2n) is 13.7. The van der Waals surface area contributed by atoms with Crippen LogP contribution in [0.3, 0.4) is 0 Å². The van der Waals surface area contributed by atoms with E-state index in [-0.39, 0.29) is 23.0 Å². The molecule has 0 spiro atoms. The van der Waals surface area contributed by atoms with Crippen LogP contribution in [-0.4, -0.2) is 88.6 Å². The van der Waals surface area contributed by atoms with E-state index >= 15 is 0 Å². The molecule has 1 saturated heterocycles. The second kappa shape index (κ2) is 17.9. The number of esters is 3. The fourth-order valence-corrected chi connectivity index (χ4v) is 6.51. The second-order valence-corrected chi connectivity index (χ2v) is 15.4. The monoisotopic (exact) mass is 798 g/mol. The third-order valence-electron chi connectivity index (χ3n) is 7.79. The molecule has 0 saturated carbocycles. The highest BCUT2D eigenvalue weighted by molar-refractivity contribution is 7.52. The van der Waals surface area contributed by atoms with E-state index < -0.39 is 92.8 Å². The molecule has 3 aromatic rings. The summed E-state index contributed by atoms with van der Waals surface area (Å²) in [6, 6.07) is 8.06. The third-order valence-corrected chi connectivity index (χ3v) is 9.44. The highest BCUT2D eigenvalue weighted by Crippen LogP contribution is 2.47. The Kier molecular flexibility index (Phi) is 14.1. The lowest BCUT2D eigenvalue weighted by Crippen LogP contribution is -2.42. The summed E-state index contributed by atoms with van der Waals surface area (Å²) in [5.74, 6) is -4.90. The van der Waals surface area contributed by atoms with Crippen molar-refractivity contribution in [2.75, 3.05) is 25.6 Å². The van der Waals surface area contributed by atoms with Gasteiger partial charge in [0, 0.05) is 20.2 Å². The number of hydrogen-bond donors (Lipinski definition) is 1. The van der Waals surface area contributed by atoms with Gasteiger partial charge >= 0.3 is 31.8 Å². The van der Waals surface area contributed by atoms with Crippen LogP contribution in [0.4, 0.5) is 19.0 Å². The SMILES string of the molecule is CC(C)OC(=O)[C@H](C)N[P@](=O)(OC[C@H]1O[C@@H](n2cncc2-c2cc(N(C)C)nc(C(F)(F)F)n2)[C@@H](OC(=O)C(C)C)C1OC(=O)C(C)C)Oc1ccccc1. The van der Waals surface area contributed by atoms with Crippen LogP contribution in [0, 0.1) is 11.8 Å². The lowest BCUT2D eigenvalue weighted by atomic mass is 10.1. The largest absolute Gasteiger partial charge is 0.462 e. The number of rotatable bonds is 16. The number of aromatic nitrogens is 4. The predicted octanol–water partition coefficient (Wildman–Crippen LogP) is 5.59. The van der Waals surface area contributed by atoms with Crippen LogP contribution in [0.1, 0.15) is 60.5 Å². The number of carbonyl (C=O) groups is 3. The zero-order valence-electron chi connectivity index (χ0n) is 31.8. The van der Waals surface area contributed by atoms with Gasteiger partial charge in [-0.25, -0.2) is 19.5 Å². The first-order chi connectivity index (χ1) is 25.7. The maximum Gasteiger partial charge on any atom is 0.459 e. The summed E-state index contributed by atoms with van der Waals surface area (Å²) in [6.07, 6.45) is -8.58. The Morgan fingerprint density at radius 2 is 1.56 bits per heavy atom. The van der Waals surface area contributed by atoms with E-state index in [4.69, 9.17) is 28.0 Å². The number of benzene rings is 1. The molecule has 6 atom stereocenters. The van der Waals surface area contributed by atoms with Gasteiger partial charge in [0.1, 0.15) is 23.7 Å².